The van der Waals surface area contributed by atoms with Crippen LogP contribution < -0.4 is 5.32 Å². The number of rotatable bonds is 6. The lowest BCUT2D eigenvalue weighted by molar-refractivity contribution is 0.220. The Balaban J connectivity index is 1.47. The van der Waals surface area contributed by atoms with Crippen LogP contribution in [0, 0.1) is 5.92 Å². The van der Waals surface area contributed by atoms with Crippen LogP contribution in [0.2, 0.25) is 0 Å². The summed E-state index contributed by atoms with van der Waals surface area (Å²) in [7, 11) is 4.07. The molecule has 0 saturated carbocycles. The molecule has 1 aromatic heterocycles. The average Bonchev–Trinajstić information content (AvgIpc) is 3.23. The Morgan fingerprint density at radius 3 is 2.84 bits per heavy atom. The molecule has 1 saturated heterocycles. The van der Waals surface area contributed by atoms with Gasteiger partial charge in [-0.25, -0.2) is 4.79 Å². The van der Waals surface area contributed by atoms with Gasteiger partial charge in [-0.1, -0.05) is 30.3 Å². The maximum atomic E-state index is 12.4. The Bertz CT molecular complexity index is 682. The largest absolute Gasteiger partial charge is 0.324 e. The quantitative estimate of drug-likeness (QED) is 0.878. The first kappa shape index (κ1) is 17.5. The fourth-order valence-electron chi connectivity index (χ4n) is 3.18. The summed E-state index contributed by atoms with van der Waals surface area (Å²) in [5.74, 6) is 1.15. The molecule has 25 heavy (non-hydrogen) atoms. The highest BCUT2D eigenvalue weighted by Crippen LogP contribution is 2.21. The number of amides is 2. The number of anilines is 1. The van der Waals surface area contributed by atoms with Crippen LogP contribution in [0.3, 0.4) is 0 Å². The first-order valence-corrected chi connectivity index (χ1v) is 8.88. The molecule has 1 aliphatic heterocycles. The highest BCUT2D eigenvalue weighted by Gasteiger charge is 2.26. The van der Waals surface area contributed by atoms with Crippen molar-refractivity contribution >= 4 is 11.8 Å². The number of aromatic nitrogens is 2. The molecule has 2 heterocycles. The second-order valence-electron chi connectivity index (χ2n) is 6.99. The van der Waals surface area contributed by atoms with Crippen molar-refractivity contribution in [3.63, 3.8) is 0 Å². The molecule has 1 fully saturated rings. The number of nitrogens with one attached hydrogen (secondary N) is 1. The van der Waals surface area contributed by atoms with Crippen LogP contribution in [0.15, 0.2) is 42.6 Å². The maximum Gasteiger partial charge on any atom is 0.323 e. The zero-order valence-electron chi connectivity index (χ0n) is 15.1. The summed E-state index contributed by atoms with van der Waals surface area (Å²) in [6.07, 6.45) is 3.99. The van der Waals surface area contributed by atoms with Crippen LogP contribution in [-0.2, 0) is 13.0 Å². The van der Waals surface area contributed by atoms with Crippen LogP contribution >= 0.6 is 0 Å². The monoisotopic (exact) mass is 341 g/mol. The summed E-state index contributed by atoms with van der Waals surface area (Å²) in [5.41, 5.74) is 1.34. The molecule has 2 amide bonds. The molecule has 1 aromatic carbocycles. The number of urea groups is 1. The van der Waals surface area contributed by atoms with Crippen molar-refractivity contribution in [2.45, 2.75) is 19.4 Å². The van der Waals surface area contributed by atoms with Gasteiger partial charge in [0.2, 0.25) is 0 Å². The van der Waals surface area contributed by atoms with Gasteiger partial charge in [0.1, 0.15) is 0 Å². The minimum Gasteiger partial charge on any atom is -0.324 e. The number of hydrogen-bond donors (Lipinski definition) is 1. The third-order valence-corrected chi connectivity index (χ3v) is 4.59. The molecule has 1 aliphatic rings. The summed E-state index contributed by atoms with van der Waals surface area (Å²) < 4.78 is 1.86. The highest BCUT2D eigenvalue weighted by molar-refractivity contribution is 5.88. The van der Waals surface area contributed by atoms with Crippen LogP contribution in [0.5, 0.6) is 0 Å². The predicted molar refractivity (Wildman–Crippen MR) is 99.6 cm³/mol. The van der Waals surface area contributed by atoms with Crippen molar-refractivity contribution in [1.29, 1.82) is 0 Å². The van der Waals surface area contributed by atoms with Crippen molar-refractivity contribution in [2.75, 3.05) is 39.0 Å². The van der Waals surface area contributed by atoms with E-state index in [1.807, 2.05) is 42.0 Å². The highest BCUT2D eigenvalue weighted by atomic mass is 16.2. The van der Waals surface area contributed by atoms with Crippen molar-refractivity contribution < 1.29 is 4.79 Å². The fraction of sp³-hybridized carbons (Fsp3) is 0.474. The lowest BCUT2D eigenvalue weighted by Crippen LogP contribution is -2.33. The molecule has 0 aliphatic carbocycles. The first-order valence-electron chi connectivity index (χ1n) is 8.88. The SMILES string of the molecule is CN(C)CCn1ccc(NC(=O)N2CCC(Cc3ccccc3)C2)n1. The standard InChI is InChI=1S/C19H27N5O/c1-22(2)12-13-24-11-9-18(21-24)20-19(25)23-10-8-17(15-23)14-16-6-4-3-5-7-16/h3-7,9,11,17H,8,10,12-15H2,1-2H3,(H,20,21,25). The second-order valence-corrected chi connectivity index (χ2v) is 6.99. The molecular formula is C19H27N5O. The Hall–Kier alpha value is -2.34. The van der Waals surface area contributed by atoms with E-state index in [1.165, 1.54) is 5.56 Å². The summed E-state index contributed by atoms with van der Waals surface area (Å²) in [6.45, 7) is 3.35. The van der Waals surface area contributed by atoms with Gasteiger partial charge >= 0.3 is 6.03 Å². The van der Waals surface area contributed by atoms with Crippen molar-refractivity contribution in [3.05, 3.63) is 48.2 Å². The Labute approximate surface area is 149 Å². The van der Waals surface area contributed by atoms with E-state index in [0.717, 1.165) is 39.0 Å². The molecule has 134 valence electrons. The summed E-state index contributed by atoms with van der Waals surface area (Å²) in [5, 5.41) is 7.33. The molecule has 2 aromatic rings. The molecule has 6 heteroatoms. The molecule has 1 unspecified atom stereocenters. The van der Waals surface area contributed by atoms with E-state index in [-0.39, 0.29) is 6.03 Å². The normalized spacial score (nSPS) is 17.2. The fourth-order valence-corrected chi connectivity index (χ4v) is 3.18. The van der Waals surface area contributed by atoms with Crippen LogP contribution in [0.25, 0.3) is 0 Å². The van der Waals surface area contributed by atoms with Crippen molar-refractivity contribution in [1.82, 2.24) is 19.6 Å². The molecule has 1 atom stereocenters. The van der Waals surface area contributed by atoms with E-state index in [2.05, 4.69) is 39.6 Å². The van der Waals surface area contributed by atoms with Crippen molar-refractivity contribution in [3.8, 4) is 0 Å². The number of carbonyl (C=O) groups is 1. The van der Waals surface area contributed by atoms with E-state index in [1.54, 1.807) is 0 Å². The van der Waals surface area contributed by atoms with E-state index >= 15 is 0 Å². The summed E-state index contributed by atoms with van der Waals surface area (Å²) >= 11 is 0. The predicted octanol–water partition coefficient (Wildman–Crippen LogP) is 2.54. The Morgan fingerprint density at radius 2 is 2.08 bits per heavy atom. The number of hydrogen-bond acceptors (Lipinski definition) is 3. The smallest absolute Gasteiger partial charge is 0.323 e. The number of likely N-dealkylation sites (tertiary alicyclic amines) is 1. The van der Waals surface area contributed by atoms with E-state index in [0.29, 0.717) is 11.7 Å². The summed E-state index contributed by atoms with van der Waals surface area (Å²) in [4.78, 5) is 16.4. The van der Waals surface area contributed by atoms with E-state index < -0.39 is 0 Å². The van der Waals surface area contributed by atoms with Crippen molar-refractivity contribution in [2.24, 2.45) is 5.92 Å². The third kappa shape index (κ3) is 5.06. The molecule has 0 spiro atoms. The summed E-state index contributed by atoms with van der Waals surface area (Å²) in [6, 6.07) is 12.3. The second kappa shape index (κ2) is 8.16. The Morgan fingerprint density at radius 1 is 1.28 bits per heavy atom. The Kier molecular flexibility index (Phi) is 5.71. The van der Waals surface area contributed by atoms with Gasteiger partial charge in [0.25, 0.3) is 0 Å². The van der Waals surface area contributed by atoms with Gasteiger partial charge in [-0.2, -0.15) is 5.10 Å². The van der Waals surface area contributed by atoms with E-state index in [4.69, 9.17) is 0 Å². The topological polar surface area (TPSA) is 53.4 Å². The van der Waals surface area contributed by atoms with Crippen LogP contribution in [-0.4, -0.2) is 59.3 Å². The first-order chi connectivity index (χ1) is 12.1. The molecule has 3 rings (SSSR count). The van der Waals surface area contributed by atoms with E-state index in [9.17, 15) is 4.79 Å². The molecular weight excluding hydrogens is 314 g/mol. The minimum atomic E-state index is -0.0478. The van der Waals surface area contributed by atoms with Gasteiger partial charge in [-0.05, 0) is 38.4 Å². The van der Waals surface area contributed by atoms with Gasteiger partial charge in [0.05, 0.1) is 6.54 Å². The zero-order chi connectivity index (χ0) is 17.6. The molecule has 6 nitrogen and oxygen atoms in total. The number of likely N-dealkylation sites (N-methyl/N-ethyl adjacent to an activating group) is 1. The zero-order valence-corrected chi connectivity index (χ0v) is 15.1. The van der Waals surface area contributed by atoms with Crippen LogP contribution in [0.4, 0.5) is 10.6 Å². The van der Waals surface area contributed by atoms with Gasteiger partial charge in [0, 0.05) is 31.9 Å². The molecule has 1 N–H and O–H groups in total. The average molecular weight is 341 g/mol. The lowest BCUT2D eigenvalue weighted by atomic mass is 9.99. The lowest BCUT2D eigenvalue weighted by Gasteiger charge is -2.16. The van der Waals surface area contributed by atoms with Gasteiger partial charge < -0.3 is 9.80 Å². The third-order valence-electron chi connectivity index (χ3n) is 4.59. The minimum absolute atomic E-state index is 0.0478. The molecule has 0 radical (unpaired) electrons. The van der Waals surface area contributed by atoms with Gasteiger partial charge in [-0.15, -0.1) is 0 Å². The number of benzene rings is 1. The maximum absolute atomic E-state index is 12.4. The van der Waals surface area contributed by atoms with Gasteiger partial charge in [0.15, 0.2) is 5.82 Å². The number of carbonyl (C=O) groups excluding carboxylic acids is 1. The molecule has 0 bridgehead atoms. The van der Waals surface area contributed by atoms with Gasteiger partial charge in [-0.3, -0.25) is 10.00 Å². The number of nitrogens with zero attached hydrogens (tertiary/aromatic N) is 4. The van der Waals surface area contributed by atoms with Crippen LogP contribution in [0.1, 0.15) is 12.0 Å².